The highest BCUT2D eigenvalue weighted by Crippen LogP contribution is 2.25. The second-order valence-electron chi connectivity index (χ2n) is 3.88. The van der Waals surface area contributed by atoms with Gasteiger partial charge < -0.3 is 19.6 Å². The molecule has 108 valence electrons. The molecule has 0 aliphatic rings. The van der Waals surface area contributed by atoms with E-state index in [1.54, 1.807) is 6.07 Å². The van der Waals surface area contributed by atoms with Gasteiger partial charge in [-0.15, -0.1) is 13.2 Å². The number of halogens is 3. The average Bonchev–Trinajstić information content (AvgIpc) is 2.83. The summed E-state index contributed by atoms with van der Waals surface area (Å²) < 4.78 is 50.3. The Balaban J connectivity index is 1.94. The molecule has 2 N–H and O–H groups in total. The van der Waals surface area contributed by atoms with E-state index in [1.165, 1.54) is 30.5 Å². The number of nitrogens with two attached hydrogens (primary N) is 1. The van der Waals surface area contributed by atoms with Gasteiger partial charge in [-0.25, -0.2) is 0 Å². The van der Waals surface area contributed by atoms with Crippen molar-refractivity contribution < 1.29 is 27.1 Å². The number of furan rings is 1. The Morgan fingerprint density at radius 1 is 1.05 bits per heavy atom. The van der Waals surface area contributed by atoms with Crippen LogP contribution in [-0.2, 0) is 13.2 Å². The van der Waals surface area contributed by atoms with E-state index in [-0.39, 0.29) is 18.9 Å². The van der Waals surface area contributed by atoms with Crippen LogP contribution in [-0.4, -0.2) is 6.36 Å². The maximum Gasteiger partial charge on any atom is 0.573 e. The van der Waals surface area contributed by atoms with Gasteiger partial charge in [-0.1, -0.05) is 0 Å². The van der Waals surface area contributed by atoms with Crippen molar-refractivity contribution in [1.82, 2.24) is 0 Å². The Morgan fingerprint density at radius 3 is 2.30 bits per heavy atom. The van der Waals surface area contributed by atoms with Crippen LogP contribution in [0, 0.1) is 0 Å². The molecule has 0 saturated carbocycles. The molecule has 4 nitrogen and oxygen atoms in total. The summed E-state index contributed by atoms with van der Waals surface area (Å²) in [5.41, 5.74) is 6.26. The first kappa shape index (κ1) is 14.3. The Morgan fingerprint density at radius 2 is 1.70 bits per heavy atom. The number of benzene rings is 1. The van der Waals surface area contributed by atoms with Crippen LogP contribution in [0.25, 0.3) is 0 Å². The summed E-state index contributed by atoms with van der Waals surface area (Å²) in [5, 5.41) is 0. The highest BCUT2D eigenvalue weighted by molar-refractivity contribution is 5.31. The van der Waals surface area contributed by atoms with Gasteiger partial charge >= 0.3 is 6.36 Å². The van der Waals surface area contributed by atoms with Crippen molar-refractivity contribution in [2.45, 2.75) is 19.5 Å². The quantitative estimate of drug-likeness (QED) is 0.917. The van der Waals surface area contributed by atoms with Gasteiger partial charge in [0.2, 0.25) is 0 Å². The third-order valence-electron chi connectivity index (χ3n) is 2.47. The second kappa shape index (κ2) is 5.87. The van der Waals surface area contributed by atoms with Crippen molar-refractivity contribution in [2.24, 2.45) is 5.73 Å². The molecule has 1 aromatic heterocycles. The van der Waals surface area contributed by atoms with Crippen molar-refractivity contribution in [3.05, 3.63) is 47.9 Å². The number of rotatable bonds is 5. The van der Waals surface area contributed by atoms with Crippen molar-refractivity contribution >= 4 is 0 Å². The summed E-state index contributed by atoms with van der Waals surface area (Å²) in [6, 6.07) is 6.87. The predicted molar refractivity (Wildman–Crippen MR) is 64.1 cm³/mol. The molecule has 2 aromatic rings. The van der Waals surface area contributed by atoms with E-state index in [0.717, 1.165) is 5.56 Å². The fourth-order valence-corrected chi connectivity index (χ4v) is 1.57. The molecule has 0 aliphatic carbocycles. The van der Waals surface area contributed by atoms with Gasteiger partial charge in [0.1, 0.15) is 23.9 Å². The molecule has 1 aromatic carbocycles. The van der Waals surface area contributed by atoms with Gasteiger partial charge in [0, 0.05) is 5.56 Å². The van der Waals surface area contributed by atoms with Gasteiger partial charge in [0.05, 0.1) is 12.8 Å². The van der Waals surface area contributed by atoms with E-state index in [9.17, 15) is 13.2 Å². The third kappa shape index (κ3) is 3.92. The normalized spacial score (nSPS) is 11.4. The van der Waals surface area contributed by atoms with E-state index < -0.39 is 6.36 Å². The van der Waals surface area contributed by atoms with Crippen molar-refractivity contribution in [1.29, 1.82) is 0 Å². The van der Waals surface area contributed by atoms with Crippen LogP contribution in [0.15, 0.2) is 41.0 Å². The van der Waals surface area contributed by atoms with Gasteiger partial charge in [0.25, 0.3) is 0 Å². The van der Waals surface area contributed by atoms with Crippen molar-refractivity contribution in [3.63, 3.8) is 0 Å². The SMILES string of the molecule is NCc1occc1COc1ccc(OC(F)(F)F)cc1. The van der Waals surface area contributed by atoms with E-state index in [0.29, 0.717) is 11.5 Å². The van der Waals surface area contributed by atoms with Crippen LogP contribution in [0.3, 0.4) is 0 Å². The predicted octanol–water partition coefficient (Wildman–Crippen LogP) is 3.22. The van der Waals surface area contributed by atoms with Crippen LogP contribution in [0.1, 0.15) is 11.3 Å². The highest BCUT2D eigenvalue weighted by Gasteiger charge is 2.30. The van der Waals surface area contributed by atoms with Crippen LogP contribution >= 0.6 is 0 Å². The molecule has 0 saturated heterocycles. The second-order valence-corrected chi connectivity index (χ2v) is 3.88. The number of ether oxygens (including phenoxy) is 2. The van der Waals surface area contributed by atoms with Gasteiger partial charge in [-0.3, -0.25) is 0 Å². The smallest absolute Gasteiger partial charge is 0.489 e. The molecule has 20 heavy (non-hydrogen) atoms. The molecule has 0 fully saturated rings. The molecule has 0 radical (unpaired) electrons. The molecule has 1 heterocycles. The van der Waals surface area contributed by atoms with Crippen LogP contribution in [0.2, 0.25) is 0 Å². The maximum atomic E-state index is 12.0. The molecule has 2 rings (SSSR count). The fraction of sp³-hybridized carbons (Fsp3) is 0.231. The van der Waals surface area contributed by atoms with E-state index in [4.69, 9.17) is 14.9 Å². The minimum Gasteiger partial charge on any atom is -0.489 e. The minimum absolute atomic E-state index is 0.225. The van der Waals surface area contributed by atoms with Crippen molar-refractivity contribution in [3.8, 4) is 11.5 Å². The number of hydrogen-bond donors (Lipinski definition) is 1. The van der Waals surface area contributed by atoms with Gasteiger partial charge in [-0.05, 0) is 30.3 Å². The summed E-state index contributed by atoms with van der Waals surface area (Å²) in [5.74, 6) is 0.738. The Kier molecular flexibility index (Phi) is 4.19. The monoisotopic (exact) mass is 287 g/mol. The lowest BCUT2D eigenvalue weighted by molar-refractivity contribution is -0.274. The molecule has 0 amide bonds. The highest BCUT2D eigenvalue weighted by atomic mass is 19.4. The molecule has 0 spiro atoms. The number of hydrogen-bond acceptors (Lipinski definition) is 4. The van der Waals surface area contributed by atoms with E-state index in [2.05, 4.69) is 4.74 Å². The lowest BCUT2D eigenvalue weighted by Gasteiger charge is -2.10. The van der Waals surface area contributed by atoms with Gasteiger partial charge in [0.15, 0.2) is 0 Å². The standard InChI is InChI=1S/C13H12F3NO3/c14-13(15,16)20-11-3-1-10(2-4-11)19-8-9-5-6-18-12(9)7-17/h1-6H,7-8,17H2. The molecule has 0 bridgehead atoms. The van der Waals surface area contributed by atoms with Gasteiger partial charge in [-0.2, -0.15) is 0 Å². The molecule has 7 heteroatoms. The Hall–Kier alpha value is -2.15. The van der Waals surface area contributed by atoms with Crippen molar-refractivity contribution in [2.75, 3.05) is 0 Å². The minimum atomic E-state index is -4.70. The molecule has 0 aliphatic heterocycles. The van der Waals surface area contributed by atoms with Crippen LogP contribution in [0.4, 0.5) is 13.2 Å². The van der Waals surface area contributed by atoms with Crippen LogP contribution in [0.5, 0.6) is 11.5 Å². The number of alkyl halides is 3. The fourth-order valence-electron chi connectivity index (χ4n) is 1.57. The topological polar surface area (TPSA) is 57.6 Å². The molecule has 0 unspecified atom stereocenters. The first-order valence-electron chi connectivity index (χ1n) is 5.72. The Labute approximate surface area is 112 Å². The average molecular weight is 287 g/mol. The maximum absolute atomic E-state index is 12.0. The first-order valence-corrected chi connectivity index (χ1v) is 5.72. The van der Waals surface area contributed by atoms with Crippen LogP contribution < -0.4 is 15.2 Å². The zero-order valence-electron chi connectivity index (χ0n) is 10.3. The summed E-state index contributed by atoms with van der Waals surface area (Å²) in [4.78, 5) is 0. The summed E-state index contributed by atoms with van der Waals surface area (Å²) >= 11 is 0. The van der Waals surface area contributed by atoms with E-state index >= 15 is 0 Å². The molecular formula is C13H12F3NO3. The lowest BCUT2D eigenvalue weighted by atomic mass is 10.2. The zero-order valence-corrected chi connectivity index (χ0v) is 10.3. The summed E-state index contributed by atoms with van der Waals surface area (Å²) in [7, 11) is 0. The molecular weight excluding hydrogens is 275 g/mol. The third-order valence-corrected chi connectivity index (χ3v) is 2.47. The first-order chi connectivity index (χ1) is 9.48. The largest absolute Gasteiger partial charge is 0.573 e. The molecule has 0 atom stereocenters. The zero-order chi connectivity index (χ0) is 14.6. The Bertz CT molecular complexity index is 549. The van der Waals surface area contributed by atoms with E-state index in [1.807, 2.05) is 0 Å². The summed E-state index contributed by atoms with van der Waals surface area (Å²) in [6.45, 7) is 0.479. The lowest BCUT2D eigenvalue weighted by Crippen LogP contribution is -2.16. The summed E-state index contributed by atoms with van der Waals surface area (Å²) in [6.07, 6.45) is -3.20.